The quantitative estimate of drug-likeness (QED) is 0.262. The van der Waals surface area contributed by atoms with Gasteiger partial charge in [0.15, 0.2) is 0 Å². The van der Waals surface area contributed by atoms with Crippen molar-refractivity contribution in [2.45, 2.75) is 32.4 Å². The maximum Gasteiger partial charge on any atom is 0.319 e. The van der Waals surface area contributed by atoms with Crippen molar-refractivity contribution in [3.05, 3.63) is 97.2 Å². The highest BCUT2D eigenvalue weighted by atomic mass is 16.2. The number of benzene rings is 2. The Bertz CT molecular complexity index is 1530. The number of aromatic nitrogens is 4. The predicted molar refractivity (Wildman–Crippen MR) is 155 cm³/mol. The zero-order valence-corrected chi connectivity index (χ0v) is 22.0. The number of nitrogens with zero attached hydrogens (tertiary/aromatic N) is 5. The second-order valence-corrected chi connectivity index (χ2v) is 9.99. The number of amides is 2. The smallest absolute Gasteiger partial charge is 0.319 e. The molecule has 6 rings (SSSR count). The van der Waals surface area contributed by atoms with Crippen LogP contribution in [0, 0.1) is 0 Å². The molecular weight excluding hydrogens is 486 g/mol. The number of pyridine rings is 1. The average Bonchev–Trinajstić information content (AvgIpc) is 3.74. The summed E-state index contributed by atoms with van der Waals surface area (Å²) in [6, 6.07) is 19.9. The molecule has 198 valence electrons. The number of carbonyl (C=O) groups is 1. The van der Waals surface area contributed by atoms with Crippen LogP contribution in [0.25, 0.3) is 28.0 Å². The molecular formula is C31H33N7O. The van der Waals surface area contributed by atoms with E-state index in [-0.39, 0.29) is 6.03 Å². The summed E-state index contributed by atoms with van der Waals surface area (Å²) < 4.78 is 4.47. The number of nitrogens with one attached hydrogen (secondary N) is 2. The highest BCUT2D eigenvalue weighted by molar-refractivity contribution is 5.96. The first-order valence-corrected chi connectivity index (χ1v) is 13.6. The molecule has 1 fully saturated rings. The van der Waals surface area contributed by atoms with Gasteiger partial charge in [0, 0.05) is 66.4 Å². The van der Waals surface area contributed by atoms with E-state index in [0.717, 1.165) is 53.4 Å². The lowest BCUT2D eigenvalue weighted by atomic mass is 10.1. The normalized spacial score (nSPS) is 13.6. The zero-order chi connectivity index (χ0) is 26.4. The fourth-order valence-electron chi connectivity index (χ4n) is 5.34. The van der Waals surface area contributed by atoms with Gasteiger partial charge in [-0.25, -0.2) is 9.78 Å². The molecule has 1 aliphatic rings. The Balaban J connectivity index is 1.18. The largest absolute Gasteiger partial charge is 0.334 e. The van der Waals surface area contributed by atoms with Crippen LogP contribution in [0.15, 0.2) is 91.6 Å². The standard InChI is InChI=1S/C31H33N7O/c39-31(34-22-24-7-5-14-32-21-24)35-25-10-12-26(13-11-25)38-23-28(27-8-1-2-9-29(27)38)30-33-15-20-37(30)19-6-18-36-16-3-4-17-36/h1-2,5,7-15,20-21,23H,3-4,6,16-19,22H2,(H2,34,35,39). The molecule has 3 aromatic heterocycles. The van der Waals surface area contributed by atoms with E-state index in [2.05, 4.69) is 66.3 Å². The third kappa shape index (κ3) is 5.71. The van der Waals surface area contributed by atoms with Gasteiger partial charge in [-0.2, -0.15) is 0 Å². The van der Waals surface area contributed by atoms with Crippen molar-refractivity contribution in [1.82, 2.24) is 29.3 Å². The number of aryl methyl sites for hydroxylation is 1. The van der Waals surface area contributed by atoms with Crippen molar-refractivity contribution in [2.75, 3.05) is 25.0 Å². The summed E-state index contributed by atoms with van der Waals surface area (Å²) in [5.74, 6) is 0.995. The maximum atomic E-state index is 12.4. The fourth-order valence-corrected chi connectivity index (χ4v) is 5.34. The molecule has 39 heavy (non-hydrogen) atoms. The van der Waals surface area contributed by atoms with Crippen LogP contribution < -0.4 is 10.6 Å². The van der Waals surface area contributed by atoms with E-state index in [1.165, 1.54) is 31.3 Å². The first kappa shape index (κ1) is 24.9. The van der Waals surface area contributed by atoms with Gasteiger partial charge in [-0.15, -0.1) is 0 Å². The van der Waals surface area contributed by atoms with Gasteiger partial charge in [-0.3, -0.25) is 4.98 Å². The van der Waals surface area contributed by atoms with Crippen LogP contribution in [0.1, 0.15) is 24.8 Å². The minimum atomic E-state index is -0.253. The van der Waals surface area contributed by atoms with Crippen LogP contribution in [0.2, 0.25) is 0 Å². The Hall–Kier alpha value is -4.43. The fraction of sp³-hybridized carbons (Fsp3) is 0.258. The average molecular weight is 520 g/mol. The molecule has 0 spiro atoms. The molecule has 0 aliphatic carbocycles. The molecule has 1 aliphatic heterocycles. The Kier molecular flexibility index (Phi) is 7.36. The summed E-state index contributed by atoms with van der Waals surface area (Å²) in [6.45, 7) is 4.98. The van der Waals surface area contributed by atoms with Crippen LogP contribution in [0.5, 0.6) is 0 Å². The molecule has 2 amide bonds. The van der Waals surface area contributed by atoms with Crippen molar-refractivity contribution < 1.29 is 4.79 Å². The summed E-state index contributed by atoms with van der Waals surface area (Å²) in [5, 5.41) is 6.94. The Morgan fingerprint density at radius 3 is 2.59 bits per heavy atom. The summed E-state index contributed by atoms with van der Waals surface area (Å²) >= 11 is 0. The number of fused-ring (bicyclic) bond motifs is 1. The van der Waals surface area contributed by atoms with Crippen LogP contribution in [0.4, 0.5) is 10.5 Å². The van der Waals surface area contributed by atoms with Gasteiger partial charge in [0.2, 0.25) is 0 Å². The maximum absolute atomic E-state index is 12.4. The molecule has 2 aromatic carbocycles. The van der Waals surface area contributed by atoms with Gasteiger partial charge in [0.1, 0.15) is 5.82 Å². The second kappa shape index (κ2) is 11.5. The number of carbonyl (C=O) groups excluding carboxylic acids is 1. The summed E-state index contributed by atoms with van der Waals surface area (Å²) in [6.07, 6.45) is 13.4. The molecule has 0 unspecified atom stereocenters. The topological polar surface area (TPSA) is 80.0 Å². The van der Waals surface area contributed by atoms with Gasteiger partial charge in [-0.1, -0.05) is 24.3 Å². The molecule has 0 bridgehead atoms. The third-order valence-electron chi connectivity index (χ3n) is 7.32. The molecule has 1 saturated heterocycles. The Labute approximate surface area is 228 Å². The molecule has 2 N–H and O–H groups in total. The molecule has 5 aromatic rings. The highest BCUT2D eigenvalue weighted by Crippen LogP contribution is 2.32. The lowest BCUT2D eigenvalue weighted by molar-refractivity contribution is 0.251. The van der Waals surface area contributed by atoms with Crippen molar-refractivity contribution in [3.63, 3.8) is 0 Å². The Morgan fingerprint density at radius 1 is 0.923 bits per heavy atom. The summed E-state index contributed by atoms with van der Waals surface area (Å²) in [7, 11) is 0. The lowest BCUT2D eigenvalue weighted by Gasteiger charge is -2.15. The van der Waals surface area contributed by atoms with E-state index in [0.29, 0.717) is 6.54 Å². The van der Waals surface area contributed by atoms with Crippen molar-refractivity contribution in [2.24, 2.45) is 0 Å². The minimum Gasteiger partial charge on any atom is -0.334 e. The van der Waals surface area contributed by atoms with Crippen LogP contribution >= 0.6 is 0 Å². The van der Waals surface area contributed by atoms with Crippen LogP contribution in [-0.2, 0) is 13.1 Å². The van der Waals surface area contributed by atoms with Gasteiger partial charge < -0.3 is 24.7 Å². The molecule has 8 nitrogen and oxygen atoms in total. The van der Waals surface area contributed by atoms with Gasteiger partial charge in [0.05, 0.1) is 5.52 Å². The molecule has 0 atom stereocenters. The van der Waals surface area contributed by atoms with Gasteiger partial charge in [0.25, 0.3) is 0 Å². The highest BCUT2D eigenvalue weighted by Gasteiger charge is 2.16. The van der Waals surface area contributed by atoms with Gasteiger partial charge in [-0.05, 0) is 80.9 Å². The number of likely N-dealkylation sites (tertiary alicyclic amines) is 1. The van der Waals surface area contributed by atoms with E-state index in [1.807, 2.05) is 42.6 Å². The van der Waals surface area contributed by atoms with Crippen molar-refractivity contribution in [1.29, 1.82) is 0 Å². The third-order valence-corrected chi connectivity index (χ3v) is 7.32. The van der Waals surface area contributed by atoms with E-state index >= 15 is 0 Å². The molecule has 8 heteroatoms. The summed E-state index contributed by atoms with van der Waals surface area (Å²) in [5.41, 5.74) is 4.94. The van der Waals surface area contributed by atoms with E-state index in [4.69, 9.17) is 4.98 Å². The monoisotopic (exact) mass is 519 g/mol. The van der Waals surface area contributed by atoms with Crippen LogP contribution in [0.3, 0.4) is 0 Å². The lowest BCUT2D eigenvalue weighted by Crippen LogP contribution is -2.28. The van der Waals surface area contributed by atoms with Gasteiger partial charge >= 0.3 is 6.03 Å². The predicted octanol–water partition coefficient (Wildman–Crippen LogP) is 5.70. The minimum absolute atomic E-state index is 0.253. The van der Waals surface area contributed by atoms with E-state index in [9.17, 15) is 4.79 Å². The first-order chi connectivity index (χ1) is 19.2. The van der Waals surface area contributed by atoms with Crippen molar-refractivity contribution in [3.8, 4) is 17.1 Å². The number of hydrogen-bond acceptors (Lipinski definition) is 4. The zero-order valence-electron chi connectivity index (χ0n) is 22.0. The number of imidazole rings is 1. The van der Waals surface area contributed by atoms with E-state index in [1.54, 1.807) is 12.4 Å². The molecule has 4 heterocycles. The first-order valence-electron chi connectivity index (χ1n) is 13.6. The van der Waals surface area contributed by atoms with E-state index < -0.39 is 0 Å². The summed E-state index contributed by atoms with van der Waals surface area (Å²) in [4.78, 5) is 23.8. The van der Waals surface area contributed by atoms with Crippen molar-refractivity contribution >= 4 is 22.6 Å². The number of urea groups is 1. The number of rotatable bonds is 9. The number of hydrogen-bond donors (Lipinski definition) is 2. The Morgan fingerprint density at radius 2 is 1.77 bits per heavy atom. The molecule has 0 saturated carbocycles. The SMILES string of the molecule is O=C(NCc1cccnc1)Nc1ccc(-n2cc(-c3nccn3CCCN3CCCC3)c3ccccc32)cc1. The number of para-hydroxylation sites is 1. The second-order valence-electron chi connectivity index (χ2n) is 9.99. The number of anilines is 1. The molecule has 0 radical (unpaired) electrons. The van der Waals surface area contributed by atoms with Crippen LogP contribution in [-0.4, -0.2) is 49.7 Å².